The molecule has 0 N–H and O–H groups in total. The molecule has 0 saturated heterocycles. The van der Waals surface area contributed by atoms with Crippen LogP contribution in [-0.2, 0) is 28.6 Å². The zero-order valence-corrected chi connectivity index (χ0v) is 41.6. The van der Waals surface area contributed by atoms with E-state index in [0.717, 1.165) is 96.3 Å². The normalized spacial score (nSPS) is 12.5. The summed E-state index contributed by atoms with van der Waals surface area (Å²) in [5, 5.41) is 0. The predicted molar refractivity (Wildman–Crippen MR) is 270 cm³/mol. The molecule has 0 radical (unpaired) electrons. The Labute approximate surface area is 390 Å². The van der Waals surface area contributed by atoms with Gasteiger partial charge in [0.25, 0.3) is 0 Å². The standard InChI is InChI=1S/C57H100O6/c1-4-7-10-13-16-19-22-24-26-28-29-31-32-35-38-41-44-47-50-56(59)62-53-54(52-61-55(58)49-46-43-40-37-34-21-18-15-12-9-6-3)63-57(60)51-48-45-42-39-36-33-30-27-25-23-20-17-14-11-8-5-2/h8,11,15,17-18,20,25,27,33,36,54H,4-7,9-10,12-14,16,19,21-24,26,28-32,34-35,37-53H2,1-3H3/b11-8-,18-15-,20-17-,27-25-,36-33-. The van der Waals surface area contributed by atoms with Gasteiger partial charge in [-0.3, -0.25) is 14.4 Å². The summed E-state index contributed by atoms with van der Waals surface area (Å²) in [5.74, 6) is -0.922. The van der Waals surface area contributed by atoms with E-state index in [1.54, 1.807) is 0 Å². The van der Waals surface area contributed by atoms with E-state index >= 15 is 0 Å². The molecule has 0 bridgehead atoms. The fourth-order valence-corrected chi connectivity index (χ4v) is 7.47. The van der Waals surface area contributed by atoms with Crippen molar-refractivity contribution in [2.45, 2.75) is 271 Å². The number of carbonyl (C=O) groups excluding carboxylic acids is 3. The average Bonchev–Trinajstić information content (AvgIpc) is 3.28. The van der Waals surface area contributed by atoms with Crippen LogP contribution in [0.1, 0.15) is 265 Å². The molecule has 0 rings (SSSR count). The van der Waals surface area contributed by atoms with Crippen LogP contribution in [0.15, 0.2) is 60.8 Å². The second-order valence-electron chi connectivity index (χ2n) is 17.8. The molecule has 0 fully saturated rings. The van der Waals surface area contributed by atoms with E-state index in [9.17, 15) is 14.4 Å². The maximum Gasteiger partial charge on any atom is 0.306 e. The Hall–Kier alpha value is -2.89. The maximum absolute atomic E-state index is 12.8. The zero-order chi connectivity index (χ0) is 45.8. The molecule has 0 aliphatic heterocycles. The molecule has 6 nitrogen and oxygen atoms in total. The number of carbonyl (C=O) groups is 3. The van der Waals surface area contributed by atoms with Gasteiger partial charge in [-0.15, -0.1) is 0 Å². The van der Waals surface area contributed by atoms with Gasteiger partial charge in [0.15, 0.2) is 6.10 Å². The van der Waals surface area contributed by atoms with Crippen molar-refractivity contribution in [3.8, 4) is 0 Å². The summed E-state index contributed by atoms with van der Waals surface area (Å²) in [6, 6.07) is 0. The average molecular weight is 881 g/mol. The number of hydrogen-bond donors (Lipinski definition) is 0. The largest absolute Gasteiger partial charge is 0.462 e. The molecular weight excluding hydrogens is 781 g/mol. The zero-order valence-electron chi connectivity index (χ0n) is 41.6. The van der Waals surface area contributed by atoms with Crippen molar-refractivity contribution in [2.75, 3.05) is 13.2 Å². The van der Waals surface area contributed by atoms with Crippen LogP contribution in [-0.4, -0.2) is 37.2 Å². The SMILES string of the molecule is CC/C=C\C/C=C\C/C=C\C/C=C\CCCCCC(=O)OC(COC(=O)CCCCCCC/C=C\CCCC)COC(=O)CCCCCCCCCCCCCCCCCCCC. The fraction of sp³-hybridized carbons (Fsp3) is 0.772. The van der Waals surface area contributed by atoms with Crippen LogP contribution in [0, 0.1) is 0 Å². The van der Waals surface area contributed by atoms with Crippen LogP contribution in [0.25, 0.3) is 0 Å². The summed E-state index contributed by atoms with van der Waals surface area (Å²) in [7, 11) is 0. The van der Waals surface area contributed by atoms with E-state index in [2.05, 4.69) is 81.5 Å². The Balaban J connectivity index is 4.38. The minimum absolute atomic E-state index is 0.0877. The third-order valence-corrected chi connectivity index (χ3v) is 11.5. The number of rotatable bonds is 48. The van der Waals surface area contributed by atoms with Gasteiger partial charge in [0.05, 0.1) is 0 Å². The van der Waals surface area contributed by atoms with Crippen molar-refractivity contribution in [3.63, 3.8) is 0 Å². The first kappa shape index (κ1) is 60.1. The van der Waals surface area contributed by atoms with Crippen molar-refractivity contribution in [1.29, 1.82) is 0 Å². The molecule has 0 heterocycles. The molecule has 63 heavy (non-hydrogen) atoms. The Morgan fingerprint density at radius 2 is 0.635 bits per heavy atom. The quantitative estimate of drug-likeness (QED) is 0.0262. The summed E-state index contributed by atoms with van der Waals surface area (Å²) in [6.45, 7) is 6.47. The molecule has 1 unspecified atom stereocenters. The molecule has 0 saturated carbocycles. The van der Waals surface area contributed by atoms with E-state index in [1.807, 2.05) is 0 Å². The van der Waals surface area contributed by atoms with Gasteiger partial charge in [0.1, 0.15) is 13.2 Å². The molecule has 0 spiro atoms. The number of esters is 3. The monoisotopic (exact) mass is 881 g/mol. The third kappa shape index (κ3) is 50.0. The number of unbranched alkanes of at least 4 members (excludes halogenated alkanes) is 27. The second-order valence-corrected chi connectivity index (χ2v) is 17.8. The topological polar surface area (TPSA) is 78.9 Å². The fourth-order valence-electron chi connectivity index (χ4n) is 7.47. The molecule has 0 aromatic carbocycles. The molecule has 6 heteroatoms. The molecule has 0 aliphatic carbocycles. The minimum Gasteiger partial charge on any atom is -0.462 e. The van der Waals surface area contributed by atoms with Gasteiger partial charge in [-0.25, -0.2) is 0 Å². The van der Waals surface area contributed by atoms with Crippen LogP contribution in [0.5, 0.6) is 0 Å². The first-order chi connectivity index (χ1) is 31.0. The summed E-state index contributed by atoms with van der Waals surface area (Å²) >= 11 is 0. The summed E-state index contributed by atoms with van der Waals surface area (Å²) in [5.41, 5.74) is 0. The Bertz CT molecular complexity index is 1150. The number of hydrogen-bond acceptors (Lipinski definition) is 6. The van der Waals surface area contributed by atoms with E-state index < -0.39 is 6.10 Å². The van der Waals surface area contributed by atoms with Crippen molar-refractivity contribution >= 4 is 17.9 Å². The summed E-state index contributed by atoms with van der Waals surface area (Å²) in [4.78, 5) is 38.0. The first-order valence-electron chi connectivity index (χ1n) is 26.8. The number of allylic oxidation sites excluding steroid dienone is 10. The van der Waals surface area contributed by atoms with Gasteiger partial charge in [0, 0.05) is 19.3 Å². The Morgan fingerprint density at radius 3 is 1.05 bits per heavy atom. The third-order valence-electron chi connectivity index (χ3n) is 11.5. The highest BCUT2D eigenvalue weighted by molar-refractivity contribution is 5.71. The molecule has 0 amide bonds. The highest BCUT2D eigenvalue weighted by Gasteiger charge is 2.19. The van der Waals surface area contributed by atoms with Gasteiger partial charge >= 0.3 is 17.9 Å². The van der Waals surface area contributed by atoms with E-state index in [0.29, 0.717) is 19.3 Å². The van der Waals surface area contributed by atoms with E-state index in [4.69, 9.17) is 14.2 Å². The lowest BCUT2D eigenvalue weighted by Gasteiger charge is -2.18. The second kappa shape index (κ2) is 51.7. The number of ether oxygens (including phenoxy) is 3. The van der Waals surface area contributed by atoms with Crippen LogP contribution in [0.2, 0.25) is 0 Å². The molecule has 0 aliphatic rings. The minimum atomic E-state index is -0.791. The van der Waals surface area contributed by atoms with E-state index in [-0.39, 0.29) is 31.1 Å². The summed E-state index contributed by atoms with van der Waals surface area (Å²) in [6.07, 6.45) is 63.5. The molecule has 364 valence electrons. The molecule has 0 aromatic rings. The lowest BCUT2D eigenvalue weighted by atomic mass is 10.0. The Morgan fingerprint density at radius 1 is 0.333 bits per heavy atom. The van der Waals surface area contributed by atoms with Gasteiger partial charge in [0.2, 0.25) is 0 Å². The molecule has 1 atom stereocenters. The lowest BCUT2D eigenvalue weighted by Crippen LogP contribution is -2.30. The van der Waals surface area contributed by atoms with Crippen molar-refractivity contribution in [1.82, 2.24) is 0 Å². The summed E-state index contributed by atoms with van der Waals surface area (Å²) < 4.78 is 16.8. The first-order valence-corrected chi connectivity index (χ1v) is 26.8. The molecule has 0 aromatic heterocycles. The van der Waals surface area contributed by atoms with Crippen molar-refractivity contribution in [3.05, 3.63) is 60.8 Å². The van der Waals surface area contributed by atoms with Crippen molar-refractivity contribution in [2.24, 2.45) is 0 Å². The van der Waals surface area contributed by atoms with E-state index in [1.165, 1.54) is 128 Å². The lowest BCUT2D eigenvalue weighted by molar-refractivity contribution is -0.167. The van der Waals surface area contributed by atoms with Gasteiger partial charge in [-0.2, -0.15) is 0 Å². The van der Waals surface area contributed by atoms with Crippen molar-refractivity contribution < 1.29 is 28.6 Å². The van der Waals surface area contributed by atoms with Crippen LogP contribution < -0.4 is 0 Å². The highest BCUT2D eigenvalue weighted by Crippen LogP contribution is 2.16. The Kier molecular flexibility index (Phi) is 49.4. The van der Waals surface area contributed by atoms with Gasteiger partial charge in [-0.05, 0) is 77.0 Å². The van der Waals surface area contributed by atoms with Crippen LogP contribution in [0.3, 0.4) is 0 Å². The smallest absolute Gasteiger partial charge is 0.306 e. The predicted octanol–water partition coefficient (Wildman–Crippen LogP) is 17.6. The molecular formula is C57H100O6. The highest BCUT2D eigenvalue weighted by atomic mass is 16.6. The van der Waals surface area contributed by atoms with Crippen LogP contribution >= 0.6 is 0 Å². The van der Waals surface area contributed by atoms with Gasteiger partial charge in [-0.1, -0.05) is 229 Å². The van der Waals surface area contributed by atoms with Gasteiger partial charge < -0.3 is 14.2 Å². The maximum atomic E-state index is 12.8. The van der Waals surface area contributed by atoms with Crippen LogP contribution in [0.4, 0.5) is 0 Å².